The van der Waals surface area contributed by atoms with E-state index in [9.17, 15) is 0 Å². The molecule has 0 fully saturated rings. The minimum Gasteiger partial charge on any atom is -0.497 e. The van der Waals surface area contributed by atoms with Gasteiger partial charge in [0.15, 0.2) is 0 Å². The Morgan fingerprint density at radius 1 is 1.14 bits per heavy atom. The highest BCUT2D eigenvalue weighted by Gasteiger charge is 2.12. The normalized spacial score (nSPS) is 10.7. The van der Waals surface area contributed by atoms with E-state index in [1.54, 1.807) is 13.3 Å². The Labute approximate surface area is 161 Å². The van der Waals surface area contributed by atoms with Crippen LogP contribution in [0.2, 0.25) is 0 Å². The van der Waals surface area contributed by atoms with Gasteiger partial charge >= 0.3 is 11.9 Å². The van der Waals surface area contributed by atoms with E-state index in [1.807, 2.05) is 42.5 Å². The lowest BCUT2D eigenvalue weighted by atomic mass is 10.2. The molecule has 8 nitrogen and oxygen atoms in total. The lowest BCUT2D eigenvalue weighted by Gasteiger charge is -2.06. The molecule has 0 unspecified atom stereocenters. The average molecular weight is 383 g/mol. The number of hydrogen-bond acceptors (Lipinski definition) is 5. The maximum absolute atomic E-state index is 9.10. The van der Waals surface area contributed by atoms with Crippen molar-refractivity contribution >= 4 is 29.0 Å². The highest BCUT2D eigenvalue weighted by Crippen LogP contribution is 2.25. The number of benzene rings is 1. The van der Waals surface area contributed by atoms with Crippen LogP contribution in [0.1, 0.15) is 19.7 Å². The number of ether oxygens (including phenoxy) is 1. The van der Waals surface area contributed by atoms with Crippen LogP contribution in [0, 0.1) is 5.92 Å². The summed E-state index contributed by atoms with van der Waals surface area (Å²) in [7, 11) is 1.66. The zero-order valence-corrected chi connectivity index (χ0v) is 15.7. The summed E-state index contributed by atoms with van der Waals surface area (Å²) in [4.78, 5) is 27.4. The van der Waals surface area contributed by atoms with E-state index in [1.165, 1.54) is 0 Å². The molecule has 3 aromatic rings. The molecule has 0 aliphatic heterocycles. The Hall–Kier alpha value is -3.68. The summed E-state index contributed by atoms with van der Waals surface area (Å²) in [6.45, 7) is 4.29. The van der Waals surface area contributed by atoms with Crippen molar-refractivity contribution in [2.24, 2.45) is 5.92 Å². The molecule has 2 N–H and O–H groups in total. The van der Waals surface area contributed by atoms with Gasteiger partial charge in [0.25, 0.3) is 0 Å². The highest BCUT2D eigenvalue weighted by molar-refractivity contribution is 6.27. The van der Waals surface area contributed by atoms with E-state index < -0.39 is 11.9 Å². The van der Waals surface area contributed by atoms with Crippen molar-refractivity contribution in [2.75, 3.05) is 7.11 Å². The summed E-state index contributed by atoms with van der Waals surface area (Å²) in [6.07, 6.45) is 5.98. The number of carboxylic acid groups (broad SMARTS) is 2. The number of rotatable bonds is 4. The van der Waals surface area contributed by atoms with E-state index in [2.05, 4.69) is 29.5 Å². The Morgan fingerprint density at radius 2 is 1.86 bits per heavy atom. The third-order valence-corrected chi connectivity index (χ3v) is 3.58. The maximum atomic E-state index is 9.10. The van der Waals surface area contributed by atoms with Crippen LogP contribution in [0.3, 0.4) is 0 Å². The van der Waals surface area contributed by atoms with Gasteiger partial charge in [-0.2, -0.15) is 0 Å². The SMILES string of the molecule is COc1ccc2c(c1)nc(/C=C/C(C)C)n2-c1ccccn1.O=C(O)C(=O)O. The van der Waals surface area contributed by atoms with Crippen LogP contribution in [-0.4, -0.2) is 43.8 Å². The molecule has 0 aliphatic carbocycles. The molecule has 0 atom stereocenters. The summed E-state index contributed by atoms with van der Waals surface area (Å²) in [6, 6.07) is 11.8. The van der Waals surface area contributed by atoms with Gasteiger partial charge < -0.3 is 14.9 Å². The Kier molecular flexibility index (Phi) is 6.86. The van der Waals surface area contributed by atoms with Crippen molar-refractivity contribution in [1.29, 1.82) is 0 Å². The van der Waals surface area contributed by atoms with E-state index in [4.69, 9.17) is 29.5 Å². The largest absolute Gasteiger partial charge is 0.497 e. The molecular weight excluding hydrogens is 362 g/mol. The molecule has 0 amide bonds. The molecule has 8 heteroatoms. The van der Waals surface area contributed by atoms with Crippen LogP contribution in [-0.2, 0) is 9.59 Å². The lowest BCUT2D eigenvalue weighted by molar-refractivity contribution is -0.159. The van der Waals surface area contributed by atoms with Gasteiger partial charge in [-0.15, -0.1) is 0 Å². The second kappa shape index (κ2) is 9.31. The maximum Gasteiger partial charge on any atom is 0.414 e. The van der Waals surface area contributed by atoms with Crippen molar-refractivity contribution in [2.45, 2.75) is 13.8 Å². The summed E-state index contributed by atoms with van der Waals surface area (Å²) < 4.78 is 7.36. The molecular formula is C20H21N3O5. The molecule has 0 radical (unpaired) electrons. The van der Waals surface area contributed by atoms with Gasteiger partial charge in [0.05, 0.1) is 18.1 Å². The first-order chi connectivity index (χ1) is 13.3. The topological polar surface area (TPSA) is 115 Å². The number of allylic oxidation sites excluding steroid dienone is 1. The lowest BCUT2D eigenvalue weighted by Crippen LogP contribution is -2.09. The van der Waals surface area contributed by atoms with Crippen LogP contribution in [0.25, 0.3) is 22.9 Å². The Balaban J connectivity index is 0.000000409. The minimum absolute atomic E-state index is 0.464. The van der Waals surface area contributed by atoms with E-state index >= 15 is 0 Å². The van der Waals surface area contributed by atoms with Crippen molar-refractivity contribution in [3.63, 3.8) is 0 Å². The van der Waals surface area contributed by atoms with Crippen LogP contribution in [0.15, 0.2) is 48.7 Å². The quantitative estimate of drug-likeness (QED) is 0.665. The number of methoxy groups -OCH3 is 1. The summed E-state index contributed by atoms with van der Waals surface area (Å²) in [5.41, 5.74) is 1.91. The van der Waals surface area contributed by atoms with E-state index in [0.29, 0.717) is 5.92 Å². The molecule has 146 valence electrons. The van der Waals surface area contributed by atoms with Gasteiger partial charge in [-0.1, -0.05) is 26.0 Å². The second-order valence-corrected chi connectivity index (χ2v) is 6.06. The van der Waals surface area contributed by atoms with E-state index in [0.717, 1.165) is 28.4 Å². The van der Waals surface area contributed by atoms with Gasteiger partial charge in [-0.25, -0.2) is 19.6 Å². The van der Waals surface area contributed by atoms with Gasteiger partial charge in [0.2, 0.25) is 0 Å². The number of hydrogen-bond donors (Lipinski definition) is 2. The molecule has 0 saturated heterocycles. The number of carbonyl (C=O) groups is 2. The smallest absolute Gasteiger partial charge is 0.414 e. The number of imidazole rings is 1. The number of carboxylic acids is 2. The molecule has 0 aliphatic rings. The minimum atomic E-state index is -1.82. The summed E-state index contributed by atoms with van der Waals surface area (Å²) in [5.74, 6) is -0.650. The van der Waals surface area contributed by atoms with Gasteiger partial charge in [0, 0.05) is 12.3 Å². The number of aromatic nitrogens is 3. The van der Waals surface area contributed by atoms with Crippen LogP contribution in [0.5, 0.6) is 5.75 Å². The third-order valence-electron chi connectivity index (χ3n) is 3.58. The van der Waals surface area contributed by atoms with Gasteiger partial charge in [-0.3, -0.25) is 4.57 Å². The molecule has 28 heavy (non-hydrogen) atoms. The van der Waals surface area contributed by atoms with Crippen molar-refractivity contribution in [3.05, 3.63) is 54.5 Å². The number of pyridine rings is 1. The summed E-state index contributed by atoms with van der Waals surface area (Å²) >= 11 is 0. The second-order valence-electron chi connectivity index (χ2n) is 6.06. The predicted molar refractivity (Wildman–Crippen MR) is 105 cm³/mol. The van der Waals surface area contributed by atoms with Crippen LogP contribution in [0.4, 0.5) is 0 Å². The van der Waals surface area contributed by atoms with Crippen LogP contribution >= 0.6 is 0 Å². The fourth-order valence-electron chi connectivity index (χ4n) is 2.32. The molecule has 1 aromatic carbocycles. The van der Waals surface area contributed by atoms with E-state index in [-0.39, 0.29) is 0 Å². The van der Waals surface area contributed by atoms with Crippen LogP contribution < -0.4 is 4.74 Å². The predicted octanol–water partition coefficient (Wildman–Crippen LogP) is 3.25. The first-order valence-corrected chi connectivity index (χ1v) is 8.45. The summed E-state index contributed by atoms with van der Waals surface area (Å²) in [5, 5.41) is 14.8. The molecule has 0 spiro atoms. The standard InChI is InChI=1S/C18H19N3O.C2H2O4/c1-13(2)7-10-18-20-15-12-14(22-3)8-9-16(15)21(18)17-6-4-5-11-19-17;3-1(4)2(5)6/h4-13H,1-3H3;(H,3,4)(H,5,6)/b10-7+;. The van der Waals surface area contributed by atoms with Gasteiger partial charge in [0.1, 0.15) is 17.4 Å². The zero-order chi connectivity index (χ0) is 20.7. The van der Waals surface area contributed by atoms with Crippen molar-refractivity contribution in [3.8, 4) is 11.6 Å². The monoisotopic (exact) mass is 383 g/mol. The number of fused-ring (bicyclic) bond motifs is 1. The molecule has 2 aromatic heterocycles. The zero-order valence-electron chi connectivity index (χ0n) is 15.7. The van der Waals surface area contributed by atoms with Crippen molar-refractivity contribution < 1.29 is 24.5 Å². The third kappa shape index (κ3) is 5.16. The highest BCUT2D eigenvalue weighted by atomic mass is 16.5. The fourth-order valence-corrected chi connectivity index (χ4v) is 2.32. The molecule has 0 saturated carbocycles. The fraction of sp³-hybridized carbons (Fsp3) is 0.200. The Bertz CT molecular complexity index is 982. The van der Waals surface area contributed by atoms with Crippen molar-refractivity contribution in [1.82, 2.24) is 14.5 Å². The first-order valence-electron chi connectivity index (χ1n) is 8.45. The Morgan fingerprint density at radius 3 is 2.39 bits per heavy atom. The molecule has 2 heterocycles. The molecule has 0 bridgehead atoms. The number of aliphatic carboxylic acids is 2. The molecule has 3 rings (SSSR count). The average Bonchev–Trinajstić information content (AvgIpc) is 3.04. The van der Waals surface area contributed by atoms with Gasteiger partial charge in [-0.05, 0) is 36.3 Å². The number of nitrogens with zero attached hydrogens (tertiary/aromatic N) is 3. The first kappa shape index (κ1) is 20.6.